The lowest BCUT2D eigenvalue weighted by Gasteiger charge is -2.25. The zero-order valence-electron chi connectivity index (χ0n) is 6.09. The van der Waals surface area contributed by atoms with Crippen molar-refractivity contribution in [2.24, 2.45) is 0 Å². The van der Waals surface area contributed by atoms with Crippen molar-refractivity contribution in [3.63, 3.8) is 0 Å². The summed E-state index contributed by atoms with van der Waals surface area (Å²) in [6.45, 7) is 1.30. The minimum absolute atomic E-state index is 0.0988. The molecule has 1 fully saturated rings. The normalized spacial score (nSPS) is 20.3. The Labute approximate surface area is 76.7 Å². The average Bonchev–Trinajstić information content (AvgIpc) is 2.05. The molecule has 1 aliphatic heterocycles. The summed E-state index contributed by atoms with van der Waals surface area (Å²) in [6.07, 6.45) is 0. The van der Waals surface area contributed by atoms with Crippen LogP contribution in [0.25, 0.3) is 0 Å². The Morgan fingerprint density at radius 1 is 1.45 bits per heavy atom. The molecule has 11 heavy (non-hydrogen) atoms. The lowest BCUT2D eigenvalue weighted by Crippen LogP contribution is -2.42. The molecule has 0 saturated carbocycles. The number of rotatable bonds is 1. The maximum atomic E-state index is 11.1. The number of amides is 1. The van der Waals surface area contributed by atoms with Gasteiger partial charge in [0.15, 0.2) is 0 Å². The van der Waals surface area contributed by atoms with Crippen LogP contribution >= 0.6 is 15.9 Å². The van der Waals surface area contributed by atoms with Crippen LogP contribution < -0.4 is 0 Å². The molecule has 1 amide bonds. The third-order valence-electron chi connectivity index (χ3n) is 1.64. The SMILES string of the molecule is O=C(CBr)N1CCS(=O)CC1. The fourth-order valence-corrected chi connectivity index (χ4v) is 2.38. The quantitative estimate of drug-likeness (QED) is 0.604. The molecule has 1 aliphatic rings. The van der Waals surface area contributed by atoms with E-state index >= 15 is 0 Å². The molecule has 1 rings (SSSR count). The number of carbonyl (C=O) groups excluding carboxylic acids is 1. The standard InChI is InChI=1S/C6H10BrNO2S/c7-5-6(9)8-1-3-11(10)4-2-8/h1-5H2. The first-order valence-electron chi connectivity index (χ1n) is 3.43. The van der Waals surface area contributed by atoms with E-state index in [9.17, 15) is 9.00 Å². The molecule has 0 aromatic carbocycles. The summed E-state index contributed by atoms with van der Waals surface area (Å²) in [6, 6.07) is 0. The van der Waals surface area contributed by atoms with Gasteiger partial charge in [0.1, 0.15) is 0 Å². The highest BCUT2D eigenvalue weighted by molar-refractivity contribution is 9.09. The fraction of sp³-hybridized carbons (Fsp3) is 0.833. The second-order valence-corrected chi connectivity index (χ2v) is 4.62. The molecule has 64 valence electrons. The molecule has 0 N–H and O–H groups in total. The van der Waals surface area contributed by atoms with E-state index in [-0.39, 0.29) is 5.91 Å². The van der Waals surface area contributed by atoms with Crippen LogP contribution in [0.2, 0.25) is 0 Å². The molecule has 3 nitrogen and oxygen atoms in total. The highest BCUT2D eigenvalue weighted by Gasteiger charge is 2.18. The van der Waals surface area contributed by atoms with Gasteiger partial charge in [0.25, 0.3) is 0 Å². The number of halogens is 1. The summed E-state index contributed by atoms with van der Waals surface area (Å²) in [7, 11) is -0.689. The van der Waals surface area contributed by atoms with Crippen molar-refractivity contribution in [3.05, 3.63) is 0 Å². The first-order chi connectivity index (χ1) is 5.24. The highest BCUT2D eigenvalue weighted by Crippen LogP contribution is 2.01. The molecule has 0 atom stereocenters. The van der Waals surface area contributed by atoms with Gasteiger partial charge in [-0.2, -0.15) is 0 Å². The molecule has 0 unspecified atom stereocenters. The van der Waals surface area contributed by atoms with Gasteiger partial charge in [-0.25, -0.2) is 0 Å². The summed E-state index contributed by atoms with van der Waals surface area (Å²) in [4.78, 5) is 12.8. The molecule has 1 heterocycles. The first kappa shape index (κ1) is 9.19. The van der Waals surface area contributed by atoms with E-state index in [2.05, 4.69) is 15.9 Å². The van der Waals surface area contributed by atoms with Gasteiger partial charge in [-0.15, -0.1) is 0 Å². The maximum absolute atomic E-state index is 11.1. The predicted octanol–water partition coefficient (Wildman–Crippen LogP) is -0.0278. The van der Waals surface area contributed by atoms with E-state index in [1.165, 1.54) is 0 Å². The molecular weight excluding hydrogens is 230 g/mol. The van der Waals surface area contributed by atoms with Gasteiger partial charge in [-0.3, -0.25) is 9.00 Å². The maximum Gasteiger partial charge on any atom is 0.233 e. The second kappa shape index (κ2) is 4.21. The van der Waals surface area contributed by atoms with Crippen molar-refractivity contribution in [2.45, 2.75) is 0 Å². The van der Waals surface area contributed by atoms with Gasteiger partial charge in [0, 0.05) is 35.4 Å². The molecular formula is C6H10BrNO2S. The van der Waals surface area contributed by atoms with Crippen LogP contribution in [0.3, 0.4) is 0 Å². The number of hydrogen-bond acceptors (Lipinski definition) is 2. The predicted molar refractivity (Wildman–Crippen MR) is 48.3 cm³/mol. The fourth-order valence-electron chi connectivity index (χ4n) is 0.972. The Kier molecular flexibility index (Phi) is 3.51. The van der Waals surface area contributed by atoms with Crippen molar-refractivity contribution in [1.82, 2.24) is 4.90 Å². The Morgan fingerprint density at radius 3 is 2.45 bits per heavy atom. The molecule has 5 heteroatoms. The van der Waals surface area contributed by atoms with E-state index < -0.39 is 10.8 Å². The average molecular weight is 240 g/mol. The Morgan fingerprint density at radius 2 is 2.00 bits per heavy atom. The smallest absolute Gasteiger partial charge is 0.233 e. The van der Waals surface area contributed by atoms with Gasteiger partial charge >= 0.3 is 0 Å². The van der Waals surface area contributed by atoms with E-state index in [0.717, 1.165) is 0 Å². The second-order valence-electron chi connectivity index (χ2n) is 2.36. The minimum Gasteiger partial charge on any atom is -0.340 e. The summed E-state index contributed by atoms with van der Waals surface area (Å²) < 4.78 is 10.9. The van der Waals surface area contributed by atoms with E-state index in [1.807, 2.05) is 0 Å². The third-order valence-corrected chi connectivity index (χ3v) is 3.40. The van der Waals surface area contributed by atoms with Crippen LogP contribution in [0.5, 0.6) is 0 Å². The van der Waals surface area contributed by atoms with Crippen molar-refractivity contribution in [1.29, 1.82) is 0 Å². The van der Waals surface area contributed by atoms with Crippen LogP contribution in [0.4, 0.5) is 0 Å². The topological polar surface area (TPSA) is 37.4 Å². The van der Waals surface area contributed by atoms with E-state index in [1.54, 1.807) is 4.90 Å². The van der Waals surface area contributed by atoms with Crippen molar-refractivity contribution in [3.8, 4) is 0 Å². The van der Waals surface area contributed by atoms with Gasteiger partial charge in [-0.05, 0) is 0 Å². The van der Waals surface area contributed by atoms with Crippen molar-refractivity contribution >= 4 is 32.6 Å². The van der Waals surface area contributed by atoms with Crippen LogP contribution in [-0.2, 0) is 15.6 Å². The number of hydrogen-bond donors (Lipinski definition) is 0. The molecule has 0 aromatic rings. The highest BCUT2D eigenvalue weighted by atomic mass is 79.9. The minimum atomic E-state index is -0.689. The molecule has 0 spiro atoms. The lowest BCUT2D eigenvalue weighted by atomic mass is 10.5. The van der Waals surface area contributed by atoms with Crippen LogP contribution in [0.15, 0.2) is 0 Å². The van der Waals surface area contributed by atoms with E-state index in [0.29, 0.717) is 29.9 Å². The van der Waals surface area contributed by atoms with Gasteiger partial charge in [-0.1, -0.05) is 15.9 Å². The molecule has 0 radical (unpaired) electrons. The zero-order valence-corrected chi connectivity index (χ0v) is 8.49. The summed E-state index contributed by atoms with van der Waals surface area (Å²) in [5.41, 5.74) is 0. The Balaban J connectivity index is 2.39. The molecule has 0 bridgehead atoms. The summed E-state index contributed by atoms with van der Waals surface area (Å²) in [5, 5.41) is 0.375. The van der Waals surface area contributed by atoms with Crippen LogP contribution in [0, 0.1) is 0 Å². The number of nitrogens with zero attached hydrogens (tertiary/aromatic N) is 1. The largest absolute Gasteiger partial charge is 0.340 e. The Bertz CT molecular complexity index is 175. The summed E-state index contributed by atoms with van der Waals surface area (Å²) in [5.74, 6) is 1.37. The lowest BCUT2D eigenvalue weighted by molar-refractivity contribution is -0.127. The third kappa shape index (κ3) is 2.56. The number of alkyl halides is 1. The van der Waals surface area contributed by atoms with E-state index in [4.69, 9.17) is 0 Å². The Hall–Kier alpha value is 0.1000. The molecule has 0 aliphatic carbocycles. The van der Waals surface area contributed by atoms with Gasteiger partial charge in [0.2, 0.25) is 5.91 Å². The van der Waals surface area contributed by atoms with Crippen molar-refractivity contribution < 1.29 is 9.00 Å². The zero-order chi connectivity index (χ0) is 8.27. The van der Waals surface area contributed by atoms with Gasteiger partial charge in [0.05, 0.1) is 5.33 Å². The van der Waals surface area contributed by atoms with Gasteiger partial charge < -0.3 is 4.90 Å². The van der Waals surface area contributed by atoms with Crippen LogP contribution in [-0.4, -0.2) is 44.9 Å². The molecule has 0 aromatic heterocycles. The monoisotopic (exact) mass is 239 g/mol. The molecule has 1 saturated heterocycles. The van der Waals surface area contributed by atoms with Crippen molar-refractivity contribution in [2.75, 3.05) is 29.9 Å². The number of carbonyl (C=O) groups is 1. The summed E-state index contributed by atoms with van der Waals surface area (Å²) >= 11 is 3.10. The first-order valence-corrected chi connectivity index (χ1v) is 6.03. The van der Waals surface area contributed by atoms with Crippen LogP contribution in [0.1, 0.15) is 0 Å².